The number of nitrogens with one attached hydrogen (secondary N) is 1. The van der Waals surface area contributed by atoms with Crippen LogP contribution in [0.2, 0.25) is 0 Å². The zero-order valence-corrected chi connectivity index (χ0v) is 16.4. The molecule has 0 aromatic heterocycles. The van der Waals surface area contributed by atoms with Crippen LogP contribution in [0, 0.1) is 0 Å². The molecular weight excluding hydrogens is 340 g/mol. The Kier molecular flexibility index (Phi) is 4.56. The van der Waals surface area contributed by atoms with Crippen LogP contribution in [0.5, 0.6) is 0 Å². The predicted molar refractivity (Wildman–Crippen MR) is 118 cm³/mol. The van der Waals surface area contributed by atoms with Crippen molar-refractivity contribution in [2.24, 2.45) is 0 Å². The van der Waals surface area contributed by atoms with Crippen LogP contribution in [0.4, 0.5) is 11.4 Å². The summed E-state index contributed by atoms with van der Waals surface area (Å²) in [5.41, 5.74) is 5.49. The summed E-state index contributed by atoms with van der Waals surface area (Å²) >= 11 is 0. The molecular formula is C26H28N2. The minimum Gasteiger partial charge on any atom is -0.375 e. The molecule has 2 heteroatoms. The van der Waals surface area contributed by atoms with Gasteiger partial charge in [-0.3, -0.25) is 0 Å². The number of hydrogen-bond acceptors (Lipinski definition) is 2. The van der Waals surface area contributed by atoms with Gasteiger partial charge in [0.05, 0.1) is 23.0 Å². The van der Waals surface area contributed by atoms with Gasteiger partial charge in [-0.15, -0.1) is 0 Å². The average Bonchev–Trinajstić information content (AvgIpc) is 2.76. The van der Waals surface area contributed by atoms with Crippen molar-refractivity contribution in [1.29, 1.82) is 0 Å². The Hall–Kier alpha value is -2.74. The molecule has 1 unspecified atom stereocenters. The SMILES string of the molecule is c1ccc(CN2c3ccccc3NC3(CCCCC3)C2c2ccccc2)cc1. The quantitative estimate of drug-likeness (QED) is 0.563. The topological polar surface area (TPSA) is 15.3 Å². The van der Waals surface area contributed by atoms with E-state index in [0.717, 1.165) is 6.54 Å². The first-order valence-corrected chi connectivity index (χ1v) is 10.6. The van der Waals surface area contributed by atoms with E-state index >= 15 is 0 Å². The Balaban J connectivity index is 1.66. The number of rotatable bonds is 3. The third kappa shape index (κ3) is 3.07. The van der Waals surface area contributed by atoms with Crippen LogP contribution in [0.3, 0.4) is 0 Å². The summed E-state index contributed by atoms with van der Waals surface area (Å²) in [6.07, 6.45) is 6.42. The van der Waals surface area contributed by atoms with Crippen molar-refractivity contribution >= 4 is 11.4 Å². The van der Waals surface area contributed by atoms with E-state index in [0.29, 0.717) is 6.04 Å². The molecule has 1 aliphatic heterocycles. The van der Waals surface area contributed by atoms with Gasteiger partial charge in [0.1, 0.15) is 0 Å². The summed E-state index contributed by atoms with van der Waals surface area (Å²) in [5.74, 6) is 0. The highest BCUT2D eigenvalue weighted by Crippen LogP contribution is 2.51. The lowest BCUT2D eigenvalue weighted by Gasteiger charge is -2.54. The lowest BCUT2D eigenvalue weighted by molar-refractivity contribution is 0.257. The van der Waals surface area contributed by atoms with E-state index in [4.69, 9.17) is 0 Å². The lowest BCUT2D eigenvalue weighted by atomic mass is 9.71. The fraction of sp³-hybridized carbons (Fsp3) is 0.308. The minimum atomic E-state index is 0.0999. The second-order valence-corrected chi connectivity index (χ2v) is 8.29. The summed E-state index contributed by atoms with van der Waals surface area (Å²) in [4.78, 5) is 2.65. The Labute approximate surface area is 168 Å². The lowest BCUT2D eigenvalue weighted by Crippen LogP contribution is -2.55. The second kappa shape index (κ2) is 7.35. The third-order valence-electron chi connectivity index (χ3n) is 6.49. The van der Waals surface area contributed by atoms with Crippen LogP contribution in [0.25, 0.3) is 0 Å². The predicted octanol–water partition coefficient (Wildman–Crippen LogP) is 6.56. The molecule has 2 nitrogen and oxygen atoms in total. The van der Waals surface area contributed by atoms with Gasteiger partial charge in [0.25, 0.3) is 0 Å². The number of anilines is 2. The largest absolute Gasteiger partial charge is 0.375 e. The van der Waals surface area contributed by atoms with Crippen molar-refractivity contribution in [3.05, 3.63) is 96.1 Å². The summed E-state index contributed by atoms with van der Waals surface area (Å²) in [6.45, 7) is 0.931. The van der Waals surface area contributed by atoms with Gasteiger partial charge in [0.2, 0.25) is 0 Å². The van der Waals surface area contributed by atoms with Crippen LogP contribution in [-0.2, 0) is 6.54 Å². The first kappa shape index (κ1) is 17.4. The van der Waals surface area contributed by atoms with Crippen molar-refractivity contribution in [1.82, 2.24) is 0 Å². The molecule has 2 aliphatic rings. The van der Waals surface area contributed by atoms with Gasteiger partial charge in [-0.25, -0.2) is 0 Å². The van der Waals surface area contributed by atoms with Gasteiger partial charge >= 0.3 is 0 Å². The van der Waals surface area contributed by atoms with Gasteiger partial charge in [-0.1, -0.05) is 92.1 Å². The van der Waals surface area contributed by atoms with Gasteiger partial charge < -0.3 is 10.2 Å². The molecule has 1 atom stereocenters. The van der Waals surface area contributed by atoms with E-state index in [1.165, 1.54) is 54.6 Å². The van der Waals surface area contributed by atoms with Crippen molar-refractivity contribution in [3.8, 4) is 0 Å². The average molecular weight is 369 g/mol. The first-order valence-electron chi connectivity index (χ1n) is 10.6. The Morgan fingerprint density at radius 1 is 0.750 bits per heavy atom. The van der Waals surface area contributed by atoms with E-state index in [1.807, 2.05) is 0 Å². The molecule has 3 aromatic rings. The van der Waals surface area contributed by atoms with Crippen LogP contribution in [-0.4, -0.2) is 5.54 Å². The second-order valence-electron chi connectivity index (χ2n) is 8.29. The Morgan fingerprint density at radius 3 is 2.14 bits per heavy atom. The summed E-state index contributed by atoms with van der Waals surface area (Å²) < 4.78 is 0. The summed E-state index contributed by atoms with van der Waals surface area (Å²) in [6, 6.07) is 31.2. The molecule has 0 saturated heterocycles. The van der Waals surface area contributed by atoms with Gasteiger partial charge in [-0.2, -0.15) is 0 Å². The molecule has 0 bridgehead atoms. The van der Waals surface area contributed by atoms with Gasteiger partial charge in [0, 0.05) is 6.54 Å². The fourth-order valence-corrected chi connectivity index (χ4v) is 5.28. The standard InChI is InChI=1S/C26H28N2/c1-4-12-21(13-5-1)20-28-24-17-9-8-16-23(24)27-26(18-10-3-11-19-26)25(28)22-14-6-2-7-15-22/h1-2,4-9,12-17,25,27H,3,10-11,18-20H2. The number of para-hydroxylation sites is 2. The van der Waals surface area contributed by atoms with Crippen LogP contribution in [0.15, 0.2) is 84.9 Å². The molecule has 1 aliphatic carbocycles. The first-order chi connectivity index (χ1) is 13.9. The zero-order chi connectivity index (χ0) is 18.8. The molecule has 5 rings (SSSR count). The van der Waals surface area contributed by atoms with E-state index in [2.05, 4.69) is 95.1 Å². The monoisotopic (exact) mass is 368 g/mol. The van der Waals surface area contributed by atoms with E-state index < -0.39 is 0 Å². The molecule has 3 aromatic carbocycles. The normalized spacial score (nSPS) is 20.4. The molecule has 1 N–H and O–H groups in total. The number of fused-ring (bicyclic) bond motifs is 1. The molecule has 1 heterocycles. The molecule has 0 amide bonds. The highest BCUT2D eigenvalue weighted by Gasteiger charge is 2.47. The van der Waals surface area contributed by atoms with Gasteiger partial charge in [-0.05, 0) is 36.1 Å². The van der Waals surface area contributed by atoms with E-state index in [9.17, 15) is 0 Å². The van der Waals surface area contributed by atoms with Crippen molar-refractivity contribution in [2.45, 2.75) is 50.2 Å². The molecule has 1 saturated carbocycles. The van der Waals surface area contributed by atoms with Crippen LogP contribution in [0.1, 0.15) is 49.3 Å². The number of nitrogens with zero attached hydrogens (tertiary/aromatic N) is 1. The zero-order valence-electron chi connectivity index (χ0n) is 16.4. The molecule has 142 valence electrons. The fourth-order valence-electron chi connectivity index (χ4n) is 5.28. The molecule has 1 fully saturated rings. The molecule has 0 radical (unpaired) electrons. The van der Waals surface area contributed by atoms with Gasteiger partial charge in [0.15, 0.2) is 0 Å². The Morgan fingerprint density at radius 2 is 1.39 bits per heavy atom. The van der Waals surface area contributed by atoms with Crippen LogP contribution >= 0.6 is 0 Å². The van der Waals surface area contributed by atoms with Crippen molar-refractivity contribution in [2.75, 3.05) is 10.2 Å². The summed E-state index contributed by atoms with van der Waals surface area (Å²) in [7, 11) is 0. The maximum Gasteiger partial charge on any atom is 0.0776 e. The molecule has 28 heavy (non-hydrogen) atoms. The van der Waals surface area contributed by atoms with Crippen molar-refractivity contribution < 1.29 is 0 Å². The minimum absolute atomic E-state index is 0.0999. The maximum absolute atomic E-state index is 4.04. The number of benzene rings is 3. The van der Waals surface area contributed by atoms with E-state index in [-0.39, 0.29) is 5.54 Å². The third-order valence-corrected chi connectivity index (χ3v) is 6.49. The Bertz CT molecular complexity index is 913. The van der Waals surface area contributed by atoms with Crippen molar-refractivity contribution in [3.63, 3.8) is 0 Å². The highest BCUT2D eigenvalue weighted by molar-refractivity contribution is 5.75. The summed E-state index contributed by atoms with van der Waals surface area (Å²) in [5, 5.41) is 4.04. The maximum atomic E-state index is 4.04. The van der Waals surface area contributed by atoms with E-state index in [1.54, 1.807) is 0 Å². The smallest absolute Gasteiger partial charge is 0.0776 e. The number of hydrogen-bond donors (Lipinski definition) is 1. The molecule has 1 spiro atoms. The highest BCUT2D eigenvalue weighted by atomic mass is 15.3. The van der Waals surface area contributed by atoms with Crippen LogP contribution < -0.4 is 10.2 Å².